The Labute approximate surface area is 150 Å². The topological polar surface area (TPSA) is 85.1 Å². The number of carbonyl (C=O) groups excluding carboxylic acids is 1. The van der Waals surface area contributed by atoms with Gasteiger partial charge >= 0.3 is 5.97 Å². The number of ketones is 1. The van der Waals surface area contributed by atoms with Gasteiger partial charge in [-0.15, -0.1) is 0 Å². The number of carboxylic acid groups (broad SMARTS) is 1. The van der Waals surface area contributed by atoms with E-state index in [-0.39, 0.29) is 12.2 Å². The Kier molecular flexibility index (Phi) is 4.08. The van der Waals surface area contributed by atoms with Crippen molar-refractivity contribution < 1.29 is 14.7 Å². The maximum Gasteiger partial charge on any atom is 0.307 e. The first-order chi connectivity index (χ1) is 12.6. The molecule has 0 aliphatic heterocycles. The van der Waals surface area contributed by atoms with Crippen LogP contribution in [0.5, 0.6) is 0 Å². The second-order valence-electron chi connectivity index (χ2n) is 6.34. The summed E-state index contributed by atoms with van der Waals surface area (Å²) in [5.41, 5.74) is 4.61. The van der Waals surface area contributed by atoms with Gasteiger partial charge in [0.15, 0.2) is 5.78 Å². The fraction of sp³-hybridized carbons (Fsp3) is 0.200. The second-order valence-corrected chi connectivity index (χ2v) is 6.34. The molecular weight excluding hydrogens is 330 g/mol. The van der Waals surface area contributed by atoms with Crippen molar-refractivity contribution in [1.82, 2.24) is 14.8 Å². The highest BCUT2D eigenvalue weighted by molar-refractivity contribution is 6.03. The van der Waals surface area contributed by atoms with Gasteiger partial charge in [-0.2, -0.15) is 5.10 Å². The summed E-state index contributed by atoms with van der Waals surface area (Å²) in [7, 11) is 0. The summed E-state index contributed by atoms with van der Waals surface area (Å²) in [4.78, 5) is 27.6. The van der Waals surface area contributed by atoms with E-state index < -0.39 is 5.97 Å². The van der Waals surface area contributed by atoms with E-state index in [1.165, 1.54) is 0 Å². The Morgan fingerprint density at radius 3 is 2.65 bits per heavy atom. The van der Waals surface area contributed by atoms with E-state index >= 15 is 0 Å². The highest BCUT2D eigenvalue weighted by atomic mass is 16.4. The molecule has 0 bridgehead atoms. The molecule has 0 unspecified atom stereocenters. The van der Waals surface area contributed by atoms with Crippen molar-refractivity contribution in [2.45, 2.75) is 25.7 Å². The van der Waals surface area contributed by atoms with Gasteiger partial charge in [0.2, 0.25) is 0 Å². The fourth-order valence-corrected chi connectivity index (χ4v) is 3.37. The van der Waals surface area contributed by atoms with E-state index in [9.17, 15) is 9.59 Å². The van der Waals surface area contributed by atoms with E-state index in [0.717, 1.165) is 35.3 Å². The van der Waals surface area contributed by atoms with E-state index in [4.69, 9.17) is 10.2 Å². The molecule has 0 fully saturated rings. The molecule has 2 aromatic heterocycles. The van der Waals surface area contributed by atoms with E-state index in [0.29, 0.717) is 17.7 Å². The Morgan fingerprint density at radius 1 is 1.15 bits per heavy atom. The quantitative estimate of drug-likeness (QED) is 0.784. The van der Waals surface area contributed by atoms with Crippen LogP contribution in [0.3, 0.4) is 0 Å². The summed E-state index contributed by atoms with van der Waals surface area (Å²) < 4.78 is 1.80. The first-order valence-corrected chi connectivity index (χ1v) is 8.50. The SMILES string of the molecule is O=C(O)Cc1ccc(-n2nc(-c3cccnc3)c3c2CCCC3=O)cc1. The maximum atomic E-state index is 12.6. The first kappa shape index (κ1) is 16.2. The number of pyridine rings is 1. The van der Waals surface area contributed by atoms with Gasteiger partial charge in [0.05, 0.1) is 23.4 Å². The number of carbonyl (C=O) groups is 2. The fourth-order valence-electron chi connectivity index (χ4n) is 3.37. The van der Waals surface area contributed by atoms with Crippen LogP contribution in [0.4, 0.5) is 0 Å². The minimum absolute atomic E-state index is 0.0169. The molecule has 2 heterocycles. The number of hydrogen-bond donors (Lipinski definition) is 1. The molecule has 1 aliphatic carbocycles. The monoisotopic (exact) mass is 347 g/mol. The zero-order valence-electron chi connectivity index (χ0n) is 14.1. The Morgan fingerprint density at radius 2 is 1.96 bits per heavy atom. The highest BCUT2D eigenvalue weighted by Gasteiger charge is 2.28. The molecule has 1 aromatic carbocycles. The molecular formula is C20H17N3O3. The molecule has 4 rings (SSSR count). The molecule has 0 radical (unpaired) electrons. The maximum absolute atomic E-state index is 12.6. The molecule has 0 atom stereocenters. The number of benzene rings is 1. The van der Waals surface area contributed by atoms with Crippen molar-refractivity contribution in [3.8, 4) is 16.9 Å². The van der Waals surface area contributed by atoms with Crippen LogP contribution < -0.4 is 0 Å². The molecule has 26 heavy (non-hydrogen) atoms. The van der Waals surface area contributed by atoms with Crippen molar-refractivity contribution in [3.63, 3.8) is 0 Å². The van der Waals surface area contributed by atoms with Gasteiger partial charge in [-0.3, -0.25) is 14.6 Å². The lowest BCUT2D eigenvalue weighted by molar-refractivity contribution is -0.136. The van der Waals surface area contributed by atoms with Gasteiger partial charge in [0, 0.05) is 24.4 Å². The van der Waals surface area contributed by atoms with Gasteiger partial charge < -0.3 is 5.11 Å². The number of rotatable bonds is 4. The van der Waals surface area contributed by atoms with Crippen LogP contribution in [0.1, 0.15) is 34.5 Å². The van der Waals surface area contributed by atoms with Gasteiger partial charge in [-0.1, -0.05) is 12.1 Å². The zero-order chi connectivity index (χ0) is 18.1. The second kappa shape index (κ2) is 6.55. The Bertz CT molecular complexity index is 976. The third-order valence-electron chi connectivity index (χ3n) is 4.55. The van der Waals surface area contributed by atoms with Crippen molar-refractivity contribution in [3.05, 3.63) is 65.6 Å². The number of carboxylic acids is 1. The smallest absolute Gasteiger partial charge is 0.307 e. The largest absolute Gasteiger partial charge is 0.481 e. The molecule has 1 N–H and O–H groups in total. The van der Waals surface area contributed by atoms with Crippen molar-refractivity contribution >= 4 is 11.8 Å². The molecule has 130 valence electrons. The number of aliphatic carboxylic acids is 1. The van der Waals surface area contributed by atoms with Crippen LogP contribution in [0.2, 0.25) is 0 Å². The summed E-state index contributed by atoms with van der Waals surface area (Å²) in [6, 6.07) is 11.0. The van der Waals surface area contributed by atoms with Gasteiger partial charge in [0.1, 0.15) is 5.69 Å². The molecule has 3 aromatic rings. The summed E-state index contributed by atoms with van der Waals surface area (Å²) in [5, 5.41) is 13.6. The number of nitrogens with zero attached hydrogens (tertiary/aromatic N) is 3. The number of hydrogen-bond acceptors (Lipinski definition) is 4. The normalized spacial score (nSPS) is 13.5. The predicted molar refractivity (Wildman–Crippen MR) is 95.4 cm³/mol. The third-order valence-corrected chi connectivity index (χ3v) is 4.55. The predicted octanol–water partition coefficient (Wildman–Crippen LogP) is 3.08. The summed E-state index contributed by atoms with van der Waals surface area (Å²) >= 11 is 0. The van der Waals surface area contributed by atoms with Crippen LogP contribution in [0.25, 0.3) is 16.9 Å². The molecule has 6 nitrogen and oxygen atoms in total. The van der Waals surface area contributed by atoms with E-state index in [2.05, 4.69) is 4.98 Å². The average molecular weight is 347 g/mol. The van der Waals surface area contributed by atoms with Crippen LogP contribution in [0, 0.1) is 0 Å². The van der Waals surface area contributed by atoms with Crippen molar-refractivity contribution in [2.24, 2.45) is 0 Å². The van der Waals surface area contributed by atoms with Crippen LogP contribution in [-0.2, 0) is 17.6 Å². The number of fused-ring (bicyclic) bond motifs is 1. The lowest BCUT2D eigenvalue weighted by Crippen LogP contribution is -2.13. The summed E-state index contributed by atoms with van der Waals surface area (Å²) in [6.07, 6.45) is 5.51. The van der Waals surface area contributed by atoms with Gasteiger partial charge in [-0.25, -0.2) is 4.68 Å². The zero-order valence-corrected chi connectivity index (χ0v) is 14.1. The summed E-state index contributed by atoms with van der Waals surface area (Å²) in [5.74, 6) is -0.752. The standard InChI is InChI=1S/C20H17N3O3/c24-17-5-1-4-16-19(17)20(14-3-2-10-21-12-14)22-23(16)15-8-6-13(7-9-15)11-18(25)26/h2-3,6-10,12H,1,4-5,11H2,(H,25,26). The van der Waals surface area contributed by atoms with Gasteiger partial charge in [0.25, 0.3) is 0 Å². The Hall–Kier alpha value is -3.28. The molecule has 0 spiro atoms. The molecule has 0 saturated carbocycles. The van der Waals surface area contributed by atoms with Crippen LogP contribution >= 0.6 is 0 Å². The van der Waals surface area contributed by atoms with E-state index in [1.54, 1.807) is 29.2 Å². The van der Waals surface area contributed by atoms with Crippen molar-refractivity contribution in [2.75, 3.05) is 0 Å². The molecule has 6 heteroatoms. The first-order valence-electron chi connectivity index (χ1n) is 8.50. The molecule has 0 saturated heterocycles. The summed E-state index contributed by atoms with van der Waals surface area (Å²) in [6.45, 7) is 0. The third kappa shape index (κ3) is 2.90. The van der Waals surface area contributed by atoms with Gasteiger partial charge in [-0.05, 0) is 42.7 Å². The van der Waals surface area contributed by atoms with Crippen LogP contribution in [0.15, 0.2) is 48.8 Å². The lowest BCUT2D eigenvalue weighted by Gasteiger charge is -2.13. The number of Topliss-reactive ketones (excluding diaryl/α,β-unsaturated/α-hetero) is 1. The Balaban J connectivity index is 1.82. The minimum Gasteiger partial charge on any atom is -0.481 e. The highest BCUT2D eigenvalue weighted by Crippen LogP contribution is 2.32. The molecule has 0 amide bonds. The van der Waals surface area contributed by atoms with Crippen LogP contribution in [-0.4, -0.2) is 31.6 Å². The van der Waals surface area contributed by atoms with E-state index in [1.807, 2.05) is 24.3 Å². The number of aromatic nitrogens is 3. The minimum atomic E-state index is -0.862. The lowest BCUT2D eigenvalue weighted by atomic mass is 9.92. The molecule has 1 aliphatic rings. The average Bonchev–Trinajstić information content (AvgIpc) is 3.04. The van der Waals surface area contributed by atoms with Crippen molar-refractivity contribution in [1.29, 1.82) is 0 Å².